The van der Waals surface area contributed by atoms with Gasteiger partial charge in [-0.05, 0) is 83.5 Å². The smallest absolute Gasteiger partial charge is 0.306 e. The van der Waals surface area contributed by atoms with Crippen LogP contribution < -0.4 is 0 Å². The van der Waals surface area contributed by atoms with E-state index in [4.69, 9.17) is 14.2 Å². The fraction of sp³-hybridized carbons (Fsp3) is 0.831. The molecule has 6 nitrogen and oxygen atoms in total. The quantitative estimate of drug-likeness (QED) is 0.0261. The van der Waals surface area contributed by atoms with Gasteiger partial charge in [-0.15, -0.1) is 0 Å². The minimum atomic E-state index is -0.777. The van der Waals surface area contributed by atoms with Gasteiger partial charge in [0.25, 0.3) is 0 Å². The predicted molar refractivity (Wildman–Crippen MR) is 307 cm³/mol. The van der Waals surface area contributed by atoms with Crippen LogP contribution in [0.3, 0.4) is 0 Å². The second-order valence-corrected chi connectivity index (χ2v) is 21.0. The Morgan fingerprint density at radius 1 is 0.282 bits per heavy atom. The van der Waals surface area contributed by atoms with Gasteiger partial charge in [-0.1, -0.05) is 275 Å². The van der Waals surface area contributed by atoms with Crippen molar-refractivity contribution < 1.29 is 28.6 Å². The number of unbranched alkanes of at least 4 members (excludes halogenated alkanes) is 38. The molecule has 0 aromatic carbocycles. The van der Waals surface area contributed by atoms with Crippen LogP contribution in [0.25, 0.3) is 0 Å². The van der Waals surface area contributed by atoms with Crippen molar-refractivity contribution >= 4 is 17.9 Å². The third kappa shape index (κ3) is 58.1. The molecule has 0 bridgehead atoms. The molecule has 0 spiro atoms. The number of hydrogen-bond acceptors (Lipinski definition) is 6. The molecule has 0 aliphatic rings. The van der Waals surface area contributed by atoms with Crippen molar-refractivity contribution in [3.8, 4) is 0 Å². The Morgan fingerprint density at radius 3 is 0.803 bits per heavy atom. The Hall–Kier alpha value is -2.63. The van der Waals surface area contributed by atoms with Crippen LogP contribution in [0, 0.1) is 0 Å². The summed E-state index contributed by atoms with van der Waals surface area (Å²) in [7, 11) is 0. The van der Waals surface area contributed by atoms with Crippen molar-refractivity contribution in [3.05, 3.63) is 48.6 Å². The minimum absolute atomic E-state index is 0.0759. The molecule has 0 radical (unpaired) electrons. The Morgan fingerprint density at radius 2 is 0.507 bits per heavy atom. The van der Waals surface area contributed by atoms with Gasteiger partial charge >= 0.3 is 17.9 Å². The van der Waals surface area contributed by atoms with Gasteiger partial charge in [0.2, 0.25) is 0 Å². The molecule has 0 aliphatic carbocycles. The molecule has 71 heavy (non-hydrogen) atoms. The van der Waals surface area contributed by atoms with Crippen LogP contribution in [0.15, 0.2) is 48.6 Å². The maximum atomic E-state index is 12.8. The molecule has 0 saturated heterocycles. The van der Waals surface area contributed by atoms with Gasteiger partial charge < -0.3 is 14.2 Å². The summed E-state index contributed by atoms with van der Waals surface area (Å²) in [5, 5.41) is 0. The average molecular weight is 996 g/mol. The van der Waals surface area contributed by atoms with Crippen LogP contribution in [0.1, 0.15) is 329 Å². The molecule has 414 valence electrons. The normalized spacial score (nSPS) is 12.3. The number of ether oxygens (including phenoxy) is 3. The molecule has 0 rings (SSSR count). The van der Waals surface area contributed by atoms with Crippen LogP contribution >= 0.6 is 0 Å². The molecule has 0 aliphatic heterocycles. The third-order valence-electron chi connectivity index (χ3n) is 13.8. The summed E-state index contributed by atoms with van der Waals surface area (Å²) in [5.41, 5.74) is 0. The highest BCUT2D eigenvalue weighted by molar-refractivity contribution is 5.71. The van der Waals surface area contributed by atoms with Gasteiger partial charge in [0, 0.05) is 19.3 Å². The average Bonchev–Trinajstić information content (AvgIpc) is 3.37. The van der Waals surface area contributed by atoms with E-state index in [1.807, 2.05) is 0 Å². The highest BCUT2D eigenvalue weighted by Gasteiger charge is 2.19. The topological polar surface area (TPSA) is 78.9 Å². The molecule has 0 fully saturated rings. The second kappa shape index (κ2) is 59.9. The highest BCUT2D eigenvalue weighted by Crippen LogP contribution is 2.16. The number of carbonyl (C=O) groups is 3. The first kappa shape index (κ1) is 68.4. The molecular weight excluding hydrogens is 877 g/mol. The first-order valence-electron chi connectivity index (χ1n) is 31.1. The summed E-state index contributed by atoms with van der Waals surface area (Å²) < 4.78 is 16.8. The van der Waals surface area contributed by atoms with E-state index in [9.17, 15) is 14.4 Å². The second-order valence-electron chi connectivity index (χ2n) is 21.0. The number of rotatable bonds is 57. The zero-order chi connectivity index (χ0) is 51.4. The van der Waals surface area contributed by atoms with Crippen molar-refractivity contribution in [1.29, 1.82) is 0 Å². The standard InChI is InChI=1S/C65H118O6/c1-4-7-10-13-16-18-20-22-24-26-28-30-31-32-33-35-36-38-40-42-44-46-49-52-55-58-64(67)70-61-62(60-69-63(66)57-54-51-48-15-12-9-6-3)71-65(68)59-56-53-50-47-45-43-41-39-37-34-29-27-25-23-21-19-17-14-11-8-5-2/h21,23,26-29,37,39,62H,4-20,22,24-25,30-36,38,40-61H2,1-3H3/b23-21-,28-26-,29-27-,39-37-. The molecule has 0 amide bonds. The van der Waals surface area contributed by atoms with Gasteiger partial charge in [0.05, 0.1) is 0 Å². The molecular formula is C65H118O6. The molecule has 0 aromatic rings. The number of allylic oxidation sites excluding steroid dienone is 8. The monoisotopic (exact) mass is 995 g/mol. The molecule has 1 atom stereocenters. The summed E-state index contributed by atoms with van der Waals surface area (Å²) in [4.78, 5) is 38.0. The fourth-order valence-corrected chi connectivity index (χ4v) is 9.09. The zero-order valence-corrected chi connectivity index (χ0v) is 47.5. The molecule has 0 aromatic heterocycles. The third-order valence-corrected chi connectivity index (χ3v) is 13.8. The summed E-state index contributed by atoms with van der Waals surface area (Å²) in [6, 6.07) is 0. The van der Waals surface area contributed by atoms with E-state index in [1.165, 1.54) is 212 Å². The van der Waals surface area contributed by atoms with Crippen molar-refractivity contribution in [2.45, 2.75) is 335 Å². The summed E-state index contributed by atoms with van der Waals surface area (Å²) in [6.07, 6.45) is 74.3. The van der Waals surface area contributed by atoms with E-state index in [1.54, 1.807) is 0 Å². The SMILES string of the molecule is CCCCCCC/C=C\C/C=C\C/C=C\CCCCCCCCC(=O)OC(COC(=O)CCCCCCCCC)COC(=O)CCCCCCCCCCCCCCC/C=C\CCCCCCCCCC. The zero-order valence-electron chi connectivity index (χ0n) is 47.5. The number of hydrogen-bond donors (Lipinski definition) is 0. The lowest BCUT2D eigenvalue weighted by Crippen LogP contribution is -2.30. The Labute approximate surface area is 441 Å². The van der Waals surface area contributed by atoms with Crippen LogP contribution in [0.2, 0.25) is 0 Å². The van der Waals surface area contributed by atoms with E-state index in [2.05, 4.69) is 69.4 Å². The molecule has 1 unspecified atom stereocenters. The van der Waals surface area contributed by atoms with Crippen molar-refractivity contribution in [2.75, 3.05) is 13.2 Å². The first-order valence-corrected chi connectivity index (χ1v) is 31.1. The van der Waals surface area contributed by atoms with Gasteiger partial charge in [0.1, 0.15) is 13.2 Å². The van der Waals surface area contributed by atoms with E-state index in [-0.39, 0.29) is 31.1 Å². The molecule has 0 heterocycles. The number of esters is 3. The van der Waals surface area contributed by atoms with E-state index in [0.717, 1.165) is 77.0 Å². The lowest BCUT2D eigenvalue weighted by molar-refractivity contribution is -0.167. The van der Waals surface area contributed by atoms with Crippen LogP contribution in [-0.4, -0.2) is 37.2 Å². The van der Waals surface area contributed by atoms with Gasteiger partial charge in [0.15, 0.2) is 6.10 Å². The minimum Gasteiger partial charge on any atom is -0.462 e. The van der Waals surface area contributed by atoms with Crippen molar-refractivity contribution in [2.24, 2.45) is 0 Å². The van der Waals surface area contributed by atoms with Gasteiger partial charge in [-0.3, -0.25) is 14.4 Å². The summed E-state index contributed by atoms with van der Waals surface area (Å²) in [5.74, 6) is -0.880. The van der Waals surface area contributed by atoms with E-state index >= 15 is 0 Å². The van der Waals surface area contributed by atoms with Crippen LogP contribution in [0.5, 0.6) is 0 Å². The van der Waals surface area contributed by atoms with Crippen molar-refractivity contribution in [1.82, 2.24) is 0 Å². The van der Waals surface area contributed by atoms with Crippen LogP contribution in [-0.2, 0) is 28.6 Å². The fourth-order valence-electron chi connectivity index (χ4n) is 9.09. The van der Waals surface area contributed by atoms with E-state index < -0.39 is 6.10 Å². The Kier molecular flexibility index (Phi) is 57.7. The number of carbonyl (C=O) groups excluding carboxylic acids is 3. The Bertz CT molecular complexity index is 1230. The summed E-state index contributed by atoms with van der Waals surface area (Å²) in [6.45, 7) is 6.61. The van der Waals surface area contributed by atoms with Gasteiger partial charge in [-0.2, -0.15) is 0 Å². The molecule has 0 N–H and O–H groups in total. The maximum Gasteiger partial charge on any atom is 0.306 e. The Balaban J connectivity index is 4.14. The summed E-state index contributed by atoms with van der Waals surface area (Å²) >= 11 is 0. The first-order chi connectivity index (χ1) is 35.0. The largest absolute Gasteiger partial charge is 0.462 e. The maximum absolute atomic E-state index is 12.8. The lowest BCUT2D eigenvalue weighted by Gasteiger charge is -2.18. The van der Waals surface area contributed by atoms with Crippen molar-refractivity contribution in [3.63, 3.8) is 0 Å². The lowest BCUT2D eigenvalue weighted by atomic mass is 10.0. The highest BCUT2D eigenvalue weighted by atomic mass is 16.6. The van der Waals surface area contributed by atoms with Gasteiger partial charge in [-0.25, -0.2) is 0 Å². The van der Waals surface area contributed by atoms with Crippen LogP contribution in [0.4, 0.5) is 0 Å². The molecule has 0 saturated carbocycles. The predicted octanol–water partition coefficient (Wildman–Crippen LogP) is 21.0. The van der Waals surface area contributed by atoms with E-state index in [0.29, 0.717) is 19.3 Å². The molecule has 6 heteroatoms.